The Bertz CT molecular complexity index is 366. The molecule has 2 rings (SSSR count). The van der Waals surface area contributed by atoms with Crippen LogP contribution in [0.25, 0.3) is 0 Å². The Morgan fingerprint density at radius 3 is 2.47 bits per heavy atom. The molecule has 1 aromatic carbocycles. The largest absolute Gasteiger partial charge is 0.399 e. The van der Waals surface area contributed by atoms with Crippen LogP contribution in [0.5, 0.6) is 0 Å². The Kier molecular flexibility index (Phi) is 5.23. The molecule has 2 N–H and O–H groups in total. The molecule has 0 aliphatic carbocycles. The second kappa shape index (κ2) is 6.92. The molecule has 1 aliphatic rings. The van der Waals surface area contributed by atoms with Crippen LogP contribution in [-0.2, 0) is 6.54 Å². The van der Waals surface area contributed by atoms with Gasteiger partial charge in [0.25, 0.3) is 0 Å². The van der Waals surface area contributed by atoms with Crippen LogP contribution in [0, 0.1) is 5.92 Å². The molecule has 1 heterocycles. The van der Waals surface area contributed by atoms with Crippen molar-refractivity contribution in [1.82, 2.24) is 9.80 Å². The van der Waals surface area contributed by atoms with Gasteiger partial charge in [0.15, 0.2) is 0 Å². The van der Waals surface area contributed by atoms with Crippen LogP contribution in [-0.4, -0.2) is 43.5 Å². The maximum Gasteiger partial charge on any atom is 0.0314 e. The van der Waals surface area contributed by atoms with Crippen molar-refractivity contribution in [2.24, 2.45) is 5.92 Å². The second-order valence-electron chi connectivity index (χ2n) is 6.01. The van der Waals surface area contributed by atoms with E-state index in [0.29, 0.717) is 0 Å². The van der Waals surface area contributed by atoms with Crippen molar-refractivity contribution in [1.29, 1.82) is 0 Å². The molecule has 106 valence electrons. The molecule has 0 aromatic heterocycles. The van der Waals surface area contributed by atoms with Gasteiger partial charge in [-0.2, -0.15) is 0 Å². The van der Waals surface area contributed by atoms with E-state index in [1.54, 1.807) is 0 Å². The fourth-order valence-electron chi connectivity index (χ4n) is 2.77. The molecule has 19 heavy (non-hydrogen) atoms. The highest BCUT2D eigenvalue weighted by atomic mass is 15.1. The molecule has 1 saturated heterocycles. The lowest BCUT2D eigenvalue weighted by atomic mass is 9.93. The molecule has 1 aliphatic heterocycles. The van der Waals surface area contributed by atoms with Crippen LogP contribution in [0.2, 0.25) is 0 Å². The van der Waals surface area contributed by atoms with E-state index >= 15 is 0 Å². The molecule has 3 heteroatoms. The normalized spacial score (nSPS) is 18.1. The summed E-state index contributed by atoms with van der Waals surface area (Å²) < 4.78 is 0. The molecular formula is C16H27N3. The molecule has 0 unspecified atom stereocenters. The van der Waals surface area contributed by atoms with Crippen LogP contribution >= 0.6 is 0 Å². The lowest BCUT2D eigenvalue weighted by Crippen LogP contribution is -2.31. The first-order valence-electron chi connectivity index (χ1n) is 7.35. The number of hydrogen-bond acceptors (Lipinski definition) is 3. The van der Waals surface area contributed by atoms with Gasteiger partial charge >= 0.3 is 0 Å². The van der Waals surface area contributed by atoms with Gasteiger partial charge in [-0.1, -0.05) is 12.1 Å². The minimum atomic E-state index is 0.845. The summed E-state index contributed by atoms with van der Waals surface area (Å²) >= 11 is 0. The summed E-state index contributed by atoms with van der Waals surface area (Å²) in [7, 11) is 4.44. The highest BCUT2D eigenvalue weighted by Gasteiger charge is 2.16. The predicted octanol–water partition coefficient (Wildman–Crippen LogP) is 2.43. The molecule has 0 bridgehead atoms. The van der Waals surface area contributed by atoms with Crippen molar-refractivity contribution in [3.8, 4) is 0 Å². The number of nitrogens with two attached hydrogens (primary N) is 1. The minimum Gasteiger partial charge on any atom is -0.399 e. The predicted molar refractivity (Wildman–Crippen MR) is 82.0 cm³/mol. The summed E-state index contributed by atoms with van der Waals surface area (Å²) in [6.45, 7) is 4.75. The van der Waals surface area contributed by atoms with E-state index in [9.17, 15) is 0 Å². The van der Waals surface area contributed by atoms with Gasteiger partial charge < -0.3 is 15.5 Å². The Balaban J connectivity index is 1.69. The third-order valence-corrected chi connectivity index (χ3v) is 4.19. The molecule has 0 atom stereocenters. The summed E-state index contributed by atoms with van der Waals surface area (Å²) in [5.74, 6) is 0.921. The van der Waals surface area contributed by atoms with E-state index in [2.05, 4.69) is 36.0 Å². The van der Waals surface area contributed by atoms with Crippen molar-refractivity contribution in [2.75, 3.05) is 39.5 Å². The van der Waals surface area contributed by atoms with Crippen LogP contribution in [0.15, 0.2) is 24.3 Å². The summed E-state index contributed by atoms with van der Waals surface area (Å²) in [4.78, 5) is 4.86. The van der Waals surface area contributed by atoms with Gasteiger partial charge in [0.1, 0.15) is 0 Å². The number of rotatable bonds is 5. The van der Waals surface area contributed by atoms with Crippen molar-refractivity contribution < 1.29 is 0 Å². The SMILES string of the molecule is CN1CCC(CCN(C)Cc2ccc(N)cc2)CC1. The van der Waals surface area contributed by atoms with Gasteiger partial charge in [0, 0.05) is 12.2 Å². The monoisotopic (exact) mass is 261 g/mol. The van der Waals surface area contributed by atoms with E-state index < -0.39 is 0 Å². The maximum atomic E-state index is 5.71. The smallest absolute Gasteiger partial charge is 0.0314 e. The van der Waals surface area contributed by atoms with E-state index in [0.717, 1.165) is 18.2 Å². The number of likely N-dealkylation sites (tertiary alicyclic amines) is 1. The third kappa shape index (κ3) is 4.84. The van der Waals surface area contributed by atoms with E-state index in [1.165, 1.54) is 44.5 Å². The van der Waals surface area contributed by atoms with Gasteiger partial charge in [-0.25, -0.2) is 0 Å². The Hall–Kier alpha value is -1.06. The summed E-state index contributed by atoms with van der Waals surface area (Å²) in [5, 5.41) is 0. The number of nitrogen functional groups attached to an aromatic ring is 1. The van der Waals surface area contributed by atoms with Crippen LogP contribution in [0.3, 0.4) is 0 Å². The van der Waals surface area contributed by atoms with Crippen LogP contribution in [0.4, 0.5) is 5.69 Å². The molecule has 0 radical (unpaired) electrons. The highest BCUT2D eigenvalue weighted by molar-refractivity contribution is 5.39. The first kappa shape index (κ1) is 14.4. The van der Waals surface area contributed by atoms with E-state index in [-0.39, 0.29) is 0 Å². The first-order chi connectivity index (χ1) is 9.13. The van der Waals surface area contributed by atoms with Gasteiger partial charge in [-0.15, -0.1) is 0 Å². The topological polar surface area (TPSA) is 32.5 Å². The van der Waals surface area contributed by atoms with Crippen LogP contribution < -0.4 is 5.73 Å². The maximum absolute atomic E-state index is 5.71. The van der Waals surface area contributed by atoms with Crippen molar-refractivity contribution in [2.45, 2.75) is 25.8 Å². The van der Waals surface area contributed by atoms with Gasteiger partial charge in [0.2, 0.25) is 0 Å². The number of anilines is 1. The molecule has 0 saturated carbocycles. The average molecular weight is 261 g/mol. The Morgan fingerprint density at radius 2 is 1.84 bits per heavy atom. The van der Waals surface area contributed by atoms with Crippen molar-refractivity contribution in [3.63, 3.8) is 0 Å². The van der Waals surface area contributed by atoms with Gasteiger partial charge in [0.05, 0.1) is 0 Å². The number of nitrogens with zero attached hydrogens (tertiary/aromatic N) is 2. The Morgan fingerprint density at radius 1 is 1.21 bits per heavy atom. The zero-order valence-corrected chi connectivity index (χ0v) is 12.3. The Labute approximate surface area is 117 Å². The zero-order chi connectivity index (χ0) is 13.7. The molecule has 1 aromatic rings. The molecule has 3 nitrogen and oxygen atoms in total. The third-order valence-electron chi connectivity index (χ3n) is 4.19. The summed E-state index contributed by atoms with van der Waals surface area (Å²) in [6, 6.07) is 8.23. The molecule has 0 amide bonds. The van der Waals surface area contributed by atoms with Crippen molar-refractivity contribution >= 4 is 5.69 Å². The highest BCUT2D eigenvalue weighted by Crippen LogP contribution is 2.20. The van der Waals surface area contributed by atoms with Crippen LogP contribution in [0.1, 0.15) is 24.8 Å². The number of hydrogen-bond donors (Lipinski definition) is 1. The standard InChI is InChI=1S/C16H27N3/c1-18-10-7-14(8-11-18)9-12-19(2)13-15-3-5-16(17)6-4-15/h3-6,14H,7-13,17H2,1-2H3. The molecular weight excluding hydrogens is 234 g/mol. The number of benzene rings is 1. The second-order valence-corrected chi connectivity index (χ2v) is 6.01. The minimum absolute atomic E-state index is 0.845. The lowest BCUT2D eigenvalue weighted by Gasteiger charge is -2.30. The van der Waals surface area contributed by atoms with Gasteiger partial charge in [-0.3, -0.25) is 0 Å². The summed E-state index contributed by atoms with van der Waals surface area (Å²) in [6.07, 6.45) is 4.07. The quantitative estimate of drug-likeness (QED) is 0.826. The van der Waals surface area contributed by atoms with E-state index in [1.807, 2.05) is 12.1 Å². The first-order valence-corrected chi connectivity index (χ1v) is 7.35. The van der Waals surface area contributed by atoms with E-state index in [4.69, 9.17) is 5.73 Å². The fraction of sp³-hybridized carbons (Fsp3) is 0.625. The molecule has 1 fully saturated rings. The van der Waals surface area contributed by atoms with Gasteiger partial charge in [-0.05, 0) is 76.6 Å². The zero-order valence-electron chi connectivity index (χ0n) is 12.3. The average Bonchev–Trinajstić information content (AvgIpc) is 2.41. The molecule has 0 spiro atoms. The number of piperidine rings is 1. The fourth-order valence-corrected chi connectivity index (χ4v) is 2.77. The lowest BCUT2D eigenvalue weighted by molar-refractivity contribution is 0.194. The van der Waals surface area contributed by atoms with Crippen molar-refractivity contribution in [3.05, 3.63) is 29.8 Å². The summed E-state index contributed by atoms with van der Waals surface area (Å²) in [5.41, 5.74) is 7.90.